The minimum absolute atomic E-state index is 0.0888. The summed E-state index contributed by atoms with van der Waals surface area (Å²) in [6, 6.07) is -0.0511. The summed E-state index contributed by atoms with van der Waals surface area (Å²) in [5.41, 5.74) is 0. The molecule has 1 aromatic rings. The summed E-state index contributed by atoms with van der Waals surface area (Å²) in [6.07, 6.45) is 0.430. The molecule has 114 valence electrons. The molecule has 1 fully saturated rings. The van der Waals surface area contributed by atoms with Crippen molar-refractivity contribution in [1.29, 1.82) is 0 Å². The molecule has 6 nitrogen and oxygen atoms in total. The summed E-state index contributed by atoms with van der Waals surface area (Å²) in [4.78, 5) is 28.1. The van der Waals surface area contributed by atoms with Crippen molar-refractivity contribution < 1.29 is 18.4 Å². The third-order valence-electron chi connectivity index (χ3n) is 3.23. The number of pyridine rings is 1. The van der Waals surface area contributed by atoms with Crippen molar-refractivity contribution in [2.45, 2.75) is 25.8 Å². The fourth-order valence-electron chi connectivity index (χ4n) is 2.07. The molecule has 1 saturated heterocycles. The average molecular weight is 298 g/mol. The molecule has 1 aromatic heterocycles. The Labute approximate surface area is 120 Å². The highest BCUT2D eigenvalue weighted by Crippen LogP contribution is 2.22. The van der Waals surface area contributed by atoms with E-state index in [2.05, 4.69) is 15.6 Å². The van der Waals surface area contributed by atoms with Crippen LogP contribution < -0.4 is 10.6 Å². The van der Waals surface area contributed by atoms with Crippen LogP contribution in [0.1, 0.15) is 19.8 Å². The Hall–Kier alpha value is -2.25. The van der Waals surface area contributed by atoms with Gasteiger partial charge in [0.25, 0.3) is 5.91 Å². The fourth-order valence-corrected chi connectivity index (χ4v) is 2.07. The quantitative estimate of drug-likeness (QED) is 0.821. The first-order valence-corrected chi connectivity index (χ1v) is 6.61. The molecule has 0 spiro atoms. The van der Waals surface area contributed by atoms with Gasteiger partial charge in [0.2, 0.25) is 5.91 Å². The lowest BCUT2D eigenvalue weighted by Gasteiger charge is -2.28. The van der Waals surface area contributed by atoms with Gasteiger partial charge in [0.1, 0.15) is 6.04 Å². The summed E-state index contributed by atoms with van der Waals surface area (Å²) in [5, 5.41) is 5.31. The third kappa shape index (κ3) is 3.09. The molecule has 2 heterocycles. The van der Waals surface area contributed by atoms with E-state index >= 15 is 0 Å². The number of rotatable bonds is 4. The Morgan fingerprint density at radius 2 is 2.00 bits per heavy atom. The predicted octanol–water partition coefficient (Wildman–Crippen LogP) is 1.35. The summed E-state index contributed by atoms with van der Waals surface area (Å²) in [5.74, 6) is -2.73. The summed E-state index contributed by atoms with van der Waals surface area (Å²) >= 11 is 0. The second-order valence-electron chi connectivity index (χ2n) is 4.71. The van der Waals surface area contributed by atoms with Crippen LogP contribution in [0.2, 0.25) is 0 Å². The van der Waals surface area contributed by atoms with E-state index in [1.54, 1.807) is 6.92 Å². The van der Waals surface area contributed by atoms with Crippen LogP contribution in [0.15, 0.2) is 6.07 Å². The number of halogens is 2. The van der Waals surface area contributed by atoms with Crippen molar-refractivity contribution in [3.05, 3.63) is 17.7 Å². The van der Waals surface area contributed by atoms with Crippen molar-refractivity contribution in [3.8, 4) is 0 Å². The molecule has 2 rings (SSSR count). The molecule has 2 amide bonds. The first-order valence-electron chi connectivity index (χ1n) is 6.61. The highest BCUT2D eigenvalue weighted by molar-refractivity contribution is 6.01. The van der Waals surface area contributed by atoms with E-state index in [9.17, 15) is 18.4 Å². The number of anilines is 2. The van der Waals surface area contributed by atoms with Gasteiger partial charge in [-0.2, -0.15) is 0 Å². The van der Waals surface area contributed by atoms with E-state index in [1.165, 1.54) is 7.05 Å². The second kappa shape index (κ2) is 6.02. The molecule has 8 heteroatoms. The number of carbonyl (C=O) groups is 2. The summed E-state index contributed by atoms with van der Waals surface area (Å²) in [6.45, 7) is 2.18. The van der Waals surface area contributed by atoms with Crippen molar-refractivity contribution >= 4 is 23.5 Å². The number of nitrogens with one attached hydrogen (secondary N) is 2. The predicted molar refractivity (Wildman–Crippen MR) is 72.7 cm³/mol. The van der Waals surface area contributed by atoms with Gasteiger partial charge < -0.3 is 10.6 Å². The van der Waals surface area contributed by atoms with Crippen molar-refractivity contribution in [2.75, 3.05) is 24.2 Å². The van der Waals surface area contributed by atoms with Crippen LogP contribution in [0.3, 0.4) is 0 Å². The largest absolute Gasteiger partial charge is 0.368 e. The van der Waals surface area contributed by atoms with Crippen LogP contribution in [-0.4, -0.2) is 41.3 Å². The van der Waals surface area contributed by atoms with Crippen LogP contribution in [0.25, 0.3) is 0 Å². The van der Waals surface area contributed by atoms with Crippen molar-refractivity contribution in [3.63, 3.8) is 0 Å². The number of likely N-dealkylation sites (tertiary alicyclic amines) is 1. The number of amides is 2. The van der Waals surface area contributed by atoms with E-state index in [1.807, 2.05) is 0 Å². The fraction of sp³-hybridized carbons (Fsp3) is 0.462. The minimum Gasteiger partial charge on any atom is -0.368 e. The van der Waals surface area contributed by atoms with E-state index in [4.69, 9.17) is 0 Å². The number of carbonyl (C=O) groups excluding carboxylic acids is 2. The number of nitrogens with zero attached hydrogens (tertiary/aromatic N) is 2. The lowest BCUT2D eigenvalue weighted by Crippen LogP contribution is -2.48. The van der Waals surface area contributed by atoms with Gasteiger partial charge >= 0.3 is 0 Å². The molecule has 0 radical (unpaired) electrons. The van der Waals surface area contributed by atoms with E-state index in [0.717, 1.165) is 4.90 Å². The molecule has 2 N–H and O–H groups in total. The molecule has 0 bridgehead atoms. The Balaban J connectivity index is 2.21. The molecule has 21 heavy (non-hydrogen) atoms. The first-order chi connectivity index (χ1) is 9.93. The number of imide groups is 1. The van der Waals surface area contributed by atoms with Crippen molar-refractivity contribution in [1.82, 2.24) is 9.88 Å². The standard InChI is InChI=1S/C13H16F2N4O2/c1-3-16-11-7(14)6-8(15)12(18-11)17-9-4-5-10(20)19(2)13(9)21/h6,9H,3-5H2,1-2H3,(H2,16,17,18). The van der Waals surface area contributed by atoms with Gasteiger partial charge in [0, 0.05) is 26.1 Å². The van der Waals surface area contributed by atoms with Gasteiger partial charge in [-0.1, -0.05) is 0 Å². The zero-order chi connectivity index (χ0) is 15.6. The van der Waals surface area contributed by atoms with Gasteiger partial charge in [0.05, 0.1) is 0 Å². The highest BCUT2D eigenvalue weighted by atomic mass is 19.1. The molecule has 1 atom stereocenters. The van der Waals surface area contributed by atoms with Crippen LogP contribution in [0.4, 0.5) is 20.4 Å². The van der Waals surface area contributed by atoms with Crippen LogP contribution >= 0.6 is 0 Å². The lowest BCUT2D eigenvalue weighted by molar-refractivity contribution is -0.146. The lowest BCUT2D eigenvalue weighted by atomic mass is 10.0. The molecule has 0 saturated carbocycles. The molecule has 1 aliphatic rings. The molecule has 1 aliphatic heterocycles. The van der Waals surface area contributed by atoms with E-state index < -0.39 is 23.6 Å². The monoisotopic (exact) mass is 298 g/mol. The van der Waals surface area contributed by atoms with Crippen LogP contribution in [-0.2, 0) is 9.59 Å². The van der Waals surface area contributed by atoms with Crippen LogP contribution in [0, 0.1) is 11.6 Å². The molecule has 0 aliphatic carbocycles. The first kappa shape index (κ1) is 15.1. The Morgan fingerprint density at radius 3 is 2.67 bits per heavy atom. The molecule has 0 aromatic carbocycles. The molecule has 1 unspecified atom stereocenters. The SMILES string of the molecule is CCNc1nc(NC2CCC(=O)N(C)C2=O)c(F)cc1F. The number of likely N-dealkylation sites (N-methyl/N-ethyl adjacent to an activating group) is 1. The van der Waals surface area contributed by atoms with E-state index in [-0.39, 0.29) is 30.4 Å². The summed E-state index contributed by atoms with van der Waals surface area (Å²) in [7, 11) is 1.37. The number of piperidine rings is 1. The topological polar surface area (TPSA) is 74.3 Å². The maximum absolute atomic E-state index is 13.7. The van der Waals surface area contributed by atoms with Gasteiger partial charge in [-0.05, 0) is 13.3 Å². The Morgan fingerprint density at radius 1 is 1.33 bits per heavy atom. The highest BCUT2D eigenvalue weighted by Gasteiger charge is 2.32. The zero-order valence-corrected chi connectivity index (χ0v) is 11.7. The number of aromatic nitrogens is 1. The van der Waals surface area contributed by atoms with Gasteiger partial charge in [-0.15, -0.1) is 0 Å². The number of hydrogen-bond donors (Lipinski definition) is 2. The second-order valence-corrected chi connectivity index (χ2v) is 4.71. The molecular weight excluding hydrogens is 282 g/mol. The maximum atomic E-state index is 13.7. The van der Waals surface area contributed by atoms with Gasteiger partial charge in [0.15, 0.2) is 23.3 Å². The third-order valence-corrected chi connectivity index (χ3v) is 3.23. The Bertz CT molecular complexity index is 580. The Kier molecular flexibility index (Phi) is 4.35. The van der Waals surface area contributed by atoms with Crippen LogP contribution in [0.5, 0.6) is 0 Å². The zero-order valence-electron chi connectivity index (χ0n) is 11.7. The maximum Gasteiger partial charge on any atom is 0.251 e. The average Bonchev–Trinajstić information content (AvgIpc) is 2.44. The minimum atomic E-state index is -0.887. The molecular formula is C13H16F2N4O2. The van der Waals surface area contributed by atoms with Gasteiger partial charge in [-0.3, -0.25) is 14.5 Å². The normalized spacial score (nSPS) is 18.9. The van der Waals surface area contributed by atoms with Crippen molar-refractivity contribution in [2.24, 2.45) is 0 Å². The summed E-state index contributed by atoms with van der Waals surface area (Å²) < 4.78 is 27.2. The smallest absolute Gasteiger partial charge is 0.251 e. The van der Waals surface area contributed by atoms with E-state index in [0.29, 0.717) is 12.6 Å². The van der Waals surface area contributed by atoms with Gasteiger partial charge in [-0.25, -0.2) is 13.8 Å². The number of hydrogen-bond acceptors (Lipinski definition) is 5.